The molecule has 108 valence electrons. The number of nitrogens with one attached hydrogen (secondary N) is 1. The van der Waals surface area contributed by atoms with Crippen LogP contribution in [0.15, 0.2) is 24.3 Å². The summed E-state index contributed by atoms with van der Waals surface area (Å²) in [4.78, 5) is 0. The molecule has 2 nitrogen and oxygen atoms in total. The molecule has 19 heavy (non-hydrogen) atoms. The largest absolute Gasteiger partial charge is 0.394 e. The van der Waals surface area contributed by atoms with Crippen molar-refractivity contribution in [3.8, 4) is 0 Å². The molecule has 2 heteroatoms. The van der Waals surface area contributed by atoms with E-state index in [1.54, 1.807) is 0 Å². The molecule has 0 bridgehead atoms. The highest BCUT2D eigenvalue weighted by atomic mass is 16.3. The Morgan fingerprint density at radius 1 is 1.11 bits per heavy atom. The highest BCUT2D eigenvalue weighted by Crippen LogP contribution is 2.29. The van der Waals surface area contributed by atoms with Crippen LogP contribution in [-0.2, 0) is 0 Å². The van der Waals surface area contributed by atoms with E-state index < -0.39 is 0 Å². The van der Waals surface area contributed by atoms with Crippen molar-refractivity contribution >= 4 is 5.69 Å². The Kier molecular flexibility index (Phi) is 5.86. The van der Waals surface area contributed by atoms with Crippen LogP contribution in [-0.4, -0.2) is 17.3 Å². The van der Waals surface area contributed by atoms with Gasteiger partial charge in [-0.25, -0.2) is 0 Å². The third kappa shape index (κ3) is 5.23. The van der Waals surface area contributed by atoms with Crippen molar-refractivity contribution in [1.29, 1.82) is 0 Å². The first-order valence-electron chi connectivity index (χ1n) is 7.32. The van der Waals surface area contributed by atoms with Gasteiger partial charge in [0.2, 0.25) is 0 Å². The predicted molar refractivity (Wildman–Crippen MR) is 83.5 cm³/mol. The van der Waals surface area contributed by atoms with E-state index >= 15 is 0 Å². The Labute approximate surface area is 118 Å². The van der Waals surface area contributed by atoms with Crippen molar-refractivity contribution < 1.29 is 5.11 Å². The van der Waals surface area contributed by atoms with Crippen molar-refractivity contribution in [2.24, 2.45) is 11.8 Å². The second-order valence-corrected chi connectivity index (χ2v) is 6.63. The molecule has 0 aromatic heterocycles. The molecule has 0 aliphatic carbocycles. The normalized spacial score (nSPS) is 12.2. The molecule has 0 heterocycles. The highest BCUT2D eigenvalue weighted by molar-refractivity contribution is 5.47. The van der Waals surface area contributed by atoms with Gasteiger partial charge in [0, 0.05) is 5.69 Å². The summed E-state index contributed by atoms with van der Waals surface area (Å²) in [5.74, 6) is 1.12. The minimum atomic E-state index is -0.212. The number of aliphatic hydroxyl groups excluding tert-OH is 1. The molecule has 0 saturated carbocycles. The molecule has 0 fully saturated rings. The number of rotatable bonds is 7. The zero-order chi connectivity index (χ0) is 14.5. The maximum absolute atomic E-state index is 9.94. The van der Waals surface area contributed by atoms with Crippen molar-refractivity contribution in [1.82, 2.24) is 0 Å². The summed E-state index contributed by atoms with van der Waals surface area (Å²) in [6.45, 7) is 11.1. The van der Waals surface area contributed by atoms with E-state index in [2.05, 4.69) is 64.2 Å². The Balaban J connectivity index is 2.94. The topological polar surface area (TPSA) is 32.3 Å². The maximum atomic E-state index is 9.94. The third-order valence-corrected chi connectivity index (χ3v) is 3.33. The minimum absolute atomic E-state index is 0.178. The van der Waals surface area contributed by atoms with Gasteiger partial charge in [0.25, 0.3) is 0 Å². The number of aryl methyl sites for hydroxylation is 1. The van der Waals surface area contributed by atoms with Gasteiger partial charge in [-0.1, -0.05) is 39.8 Å². The van der Waals surface area contributed by atoms with Gasteiger partial charge in [-0.2, -0.15) is 0 Å². The fraction of sp³-hybridized carbons (Fsp3) is 0.647. The van der Waals surface area contributed by atoms with E-state index in [0.717, 1.165) is 18.5 Å². The minimum Gasteiger partial charge on any atom is -0.394 e. The monoisotopic (exact) mass is 263 g/mol. The molecule has 0 amide bonds. The second kappa shape index (κ2) is 6.95. The van der Waals surface area contributed by atoms with Crippen LogP contribution in [0, 0.1) is 18.8 Å². The van der Waals surface area contributed by atoms with Crippen LogP contribution < -0.4 is 5.32 Å². The summed E-state index contributed by atoms with van der Waals surface area (Å²) in [5, 5.41) is 13.5. The number of hydrogen-bond donors (Lipinski definition) is 2. The lowest BCUT2D eigenvalue weighted by atomic mass is 9.82. The van der Waals surface area contributed by atoms with Gasteiger partial charge in [-0.05, 0) is 49.3 Å². The van der Waals surface area contributed by atoms with E-state index in [1.807, 2.05) is 0 Å². The van der Waals surface area contributed by atoms with E-state index in [9.17, 15) is 5.11 Å². The van der Waals surface area contributed by atoms with Gasteiger partial charge in [0.15, 0.2) is 0 Å². The summed E-state index contributed by atoms with van der Waals surface area (Å²) < 4.78 is 0. The summed E-state index contributed by atoms with van der Waals surface area (Å²) in [6.07, 6.45) is 1.96. The van der Waals surface area contributed by atoms with Gasteiger partial charge < -0.3 is 10.4 Å². The average molecular weight is 263 g/mol. The summed E-state index contributed by atoms with van der Waals surface area (Å²) in [6, 6.07) is 8.38. The molecule has 0 unspecified atom stereocenters. The zero-order valence-corrected chi connectivity index (χ0v) is 13.0. The lowest BCUT2D eigenvalue weighted by molar-refractivity contribution is 0.168. The number of anilines is 1. The van der Waals surface area contributed by atoms with Crippen molar-refractivity contribution in [2.75, 3.05) is 11.9 Å². The lowest BCUT2D eigenvalue weighted by Crippen LogP contribution is -2.44. The summed E-state index contributed by atoms with van der Waals surface area (Å²) in [7, 11) is 0. The van der Waals surface area contributed by atoms with Crippen LogP contribution in [0.25, 0.3) is 0 Å². The first kappa shape index (κ1) is 16.0. The Hall–Kier alpha value is -1.02. The van der Waals surface area contributed by atoms with Crippen LogP contribution in [0.1, 0.15) is 46.1 Å². The molecule has 0 aliphatic heterocycles. The van der Waals surface area contributed by atoms with E-state index in [-0.39, 0.29) is 12.1 Å². The maximum Gasteiger partial charge on any atom is 0.0661 e. The van der Waals surface area contributed by atoms with Crippen molar-refractivity contribution in [2.45, 2.75) is 53.0 Å². The van der Waals surface area contributed by atoms with Crippen LogP contribution in [0.3, 0.4) is 0 Å². The number of hydrogen-bond acceptors (Lipinski definition) is 2. The van der Waals surface area contributed by atoms with Gasteiger partial charge in [0.1, 0.15) is 0 Å². The van der Waals surface area contributed by atoms with Crippen LogP contribution >= 0.6 is 0 Å². The van der Waals surface area contributed by atoms with E-state index in [0.29, 0.717) is 11.8 Å². The molecule has 0 spiro atoms. The summed E-state index contributed by atoms with van der Waals surface area (Å²) >= 11 is 0. The Morgan fingerprint density at radius 2 is 1.68 bits per heavy atom. The molecular formula is C17H29NO. The smallest absolute Gasteiger partial charge is 0.0661 e. The van der Waals surface area contributed by atoms with Crippen LogP contribution in [0.5, 0.6) is 0 Å². The fourth-order valence-corrected chi connectivity index (χ4v) is 2.95. The Bertz CT molecular complexity index is 375. The molecule has 1 aromatic carbocycles. The first-order chi connectivity index (χ1) is 8.87. The lowest BCUT2D eigenvalue weighted by Gasteiger charge is -2.37. The number of aliphatic hydroxyl groups is 1. The molecule has 2 N–H and O–H groups in total. The molecule has 0 saturated heterocycles. The summed E-state index contributed by atoms with van der Waals surface area (Å²) in [5.41, 5.74) is 2.14. The first-order valence-corrected chi connectivity index (χ1v) is 7.32. The van der Waals surface area contributed by atoms with Gasteiger partial charge in [-0.15, -0.1) is 0 Å². The van der Waals surface area contributed by atoms with Crippen molar-refractivity contribution in [3.05, 3.63) is 29.8 Å². The molecule has 0 aliphatic rings. The van der Waals surface area contributed by atoms with Crippen molar-refractivity contribution in [3.63, 3.8) is 0 Å². The predicted octanol–water partition coefficient (Wildman–Crippen LogP) is 4.23. The standard InChI is InChI=1S/C17H29NO/c1-13(2)10-17(12-19,11-14(3)4)18-16-8-6-7-15(5)9-16/h6-9,13-14,18-19H,10-12H2,1-5H3. The number of benzene rings is 1. The molecule has 0 atom stereocenters. The van der Waals surface area contributed by atoms with Gasteiger partial charge in [-0.3, -0.25) is 0 Å². The SMILES string of the molecule is Cc1cccc(NC(CO)(CC(C)C)CC(C)C)c1. The van der Waals surface area contributed by atoms with Gasteiger partial charge in [0.05, 0.1) is 12.1 Å². The van der Waals surface area contributed by atoms with E-state index in [4.69, 9.17) is 0 Å². The molecule has 1 aromatic rings. The third-order valence-electron chi connectivity index (χ3n) is 3.33. The van der Waals surface area contributed by atoms with Crippen LogP contribution in [0.2, 0.25) is 0 Å². The molecule has 0 radical (unpaired) electrons. The van der Waals surface area contributed by atoms with E-state index in [1.165, 1.54) is 5.56 Å². The Morgan fingerprint density at radius 3 is 2.11 bits per heavy atom. The van der Waals surface area contributed by atoms with Crippen LogP contribution in [0.4, 0.5) is 5.69 Å². The fourth-order valence-electron chi connectivity index (χ4n) is 2.95. The highest BCUT2D eigenvalue weighted by Gasteiger charge is 2.31. The molecule has 1 rings (SSSR count). The average Bonchev–Trinajstić information content (AvgIpc) is 2.26. The quantitative estimate of drug-likeness (QED) is 0.771. The molecular weight excluding hydrogens is 234 g/mol. The zero-order valence-electron chi connectivity index (χ0n) is 13.0. The second-order valence-electron chi connectivity index (χ2n) is 6.63. The van der Waals surface area contributed by atoms with Gasteiger partial charge >= 0.3 is 0 Å².